The van der Waals surface area contributed by atoms with Crippen LogP contribution in [0.15, 0.2) is 48.5 Å². The average molecular weight is 458 g/mol. The van der Waals surface area contributed by atoms with E-state index in [9.17, 15) is 4.79 Å². The molecule has 0 aliphatic rings. The van der Waals surface area contributed by atoms with E-state index in [1.54, 1.807) is 7.11 Å². The number of nitrogens with zero attached hydrogens (tertiary/aromatic N) is 1. The second kappa shape index (κ2) is 9.59. The van der Waals surface area contributed by atoms with Gasteiger partial charge in [0.1, 0.15) is 12.4 Å². The van der Waals surface area contributed by atoms with E-state index in [-0.39, 0.29) is 12.6 Å². The van der Waals surface area contributed by atoms with Crippen LogP contribution in [-0.2, 0) is 11.3 Å². The van der Waals surface area contributed by atoms with Crippen LogP contribution in [0.3, 0.4) is 0 Å². The Balaban J connectivity index is 1.77. The van der Waals surface area contributed by atoms with Crippen LogP contribution in [-0.4, -0.2) is 24.2 Å². The van der Waals surface area contributed by atoms with Gasteiger partial charge in [-0.3, -0.25) is 0 Å². The average Bonchev–Trinajstić information content (AvgIpc) is 2.78. The fraction of sp³-hybridized carbons (Fsp3) is 0.286. The summed E-state index contributed by atoms with van der Waals surface area (Å²) in [4.78, 5) is 16.8. The number of anilines is 2. The highest BCUT2D eigenvalue weighted by molar-refractivity contribution is 6.09. The first kappa shape index (κ1) is 23.4. The molecule has 0 saturated carbocycles. The Morgan fingerprint density at radius 3 is 2.32 bits per heavy atom. The van der Waals surface area contributed by atoms with Crippen LogP contribution in [0.4, 0.5) is 16.2 Å². The van der Waals surface area contributed by atoms with Gasteiger partial charge in [0.05, 0.1) is 23.8 Å². The molecule has 0 spiro atoms. The normalized spacial score (nSPS) is 11.1. The second-order valence-corrected chi connectivity index (χ2v) is 8.98. The standard InChI is InChI=1S/C28H31N3O3/c1-16(2)29-28(32)34-15-20-8-7-9-21(13-20)30-27-22-10-17(3)18(4)11-24(22)31-25-12-19(5)26(33-6)14-23(25)27/h7-14,16H,15H2,1-6H3,(H,29,32)(H,30,31). The Labute approximate surface area is 200 Å². The molecule has 2 N–H and O–H groups in total. The molecule has 0 saturated heterocycles. The Morgan fingerprint density at radius 2 is 1.62 bits per heavy atom. The smallest absolute Gasteiger partial charge is 0.407 e. The van der Waals surface area contributed by atoms with Crippen molar-refractivity contribution in [2.75, 3.05) is 12.4 Å². The van der Waals surface area contributed by atoms with Crippen LogP contribution < -0.4 is 15.4 Å². The van der Waals surface area contributed by atoms with E-state index >= 15 is 0 Å². The summed E-state index contributed by atoms with van der Waals surface area (Å²) in [5, 5.41) is 8.38. The van der Waals surface area contributed by atoms with E-state index in [4.69, 9.17) is 14.5 Å². The van der Waals surface area contributed by atoms with E-state index in [1.807, 2.05) is 51.1 Å². The molecule has 0 atom stereocenters. The summed E-state index contributed by atoms with van der Waals surface area (Å²) in [7, 11) is 1.68. The van der Waals surface area contributed by atoms with Crippen molar-refractivity contribution in [3.8, 4) is 5.75 Å². The number of hydrogen-bond donors (Lipinski definition) is 2. The molecule has 34 heavy (non-hydrogen) atoms. The first-order valence-electron chi connectivity index (χ1n) is 11.4. The Bertz CT molecular complexity index is 1380. The van der Waals surface area contributed by atoms with Crippen LogP contribution in [0, 0.1) is 20.8 Å². The van der Waals surface area contributed by atoms with Gasteiger partial charge in [0.2, 0.25) is 0 Å². The molecule has 1 amide bonds. The molecule has 0 unspecified atom stereocenters. The number of hydrogen-bond acceptors (Lipinski definition) is 5. The second-order valence-electron chi connectivity index (χ2n) is 8.98. The number of nitrogens with one attached hydrogen (secondary N) is 2. The van der Waals surface area contributed by atoms with Crippen molar-refractivity contribution in [3.63, 3.8) is 0 Å². The Morgan fingerprint density at radius 1 is 0.941 bits per heavy atom. The van der Waals surface area contributed by atoms with Crippen LogP contribution >= 0.6 is 0 Å². The molecule has 0 radical (unpaired) electrons. The maximum absolute atomic E-state index is 11.9. The minimum Gasteiger partial charge on any atom is -0.496 e. The van der Waals surface area contributed by atoms with Gasteiger partial charge >= 0.3 is 6.09 Å². The van der Waals surface area contributed by atoms with Gasteiger partial charge in [-0.25, -0.2) is 9.78 Å². The largest absolute Gasteiger partial charge is 0.496 e. The number of aryl methyl sites for hydroxylation is 3. The summed E-state index contributed by atoms with van der Waals surface area (Å²) in [6, 6.07) is 16.3. The number of aromatic nitrogens is 1. The van der Waals surface area contributed by atoms with Crippen molar-refractivity contribution < 1.29 is 14.3 Å². The van der Waals surface area contributed by atoms with E-state index in [2.05, 4.69) is 42.7 Å². The summed E-state index contributed by atoms with van der Waals surface area (Å²) in [5.74, 6) is 0.818. The quantitative estimate of drug-likeness (QED) is 0.315. The molecule has 0 fully saturated rings. The van der Waals surface area contributed by atoms with Crippen LogP contribution in [0.25, 0.3) is 21.8 Å². The molecule has 4 aromatic rings. The minimum atomic E-state index is -0.423. The van der Waals surface area contributed by atoms with Crippen molar-refractivity contribution in [2.24, 2.45) is 0 Å². The lowest BCUT2D eigenvalue weighted by atomic mass is 10.0. The van der Waals surface area contributed by atoms with Crippen LogP contribution in [0.2, 0.25) is 0 Å². The lowest BCUT2D eigenvalue weighted by molar-refractivity contribution is 0.137. The van der Waals surface area contributed by atoms with Gasteiger partial charge < -0.3 is 20.1 Å². The number of ether oxygens (including phenoxy) is 2. The van der Waals surface area contributed by atoms with Gasteiger partial charge in [-0.05, 0) is 93.3 Å². The summed E-state index contributed by atoms with van der Waals surface area (Å²) >= 11 is 0. The number of fused-ring (bicyclic) bond motifs is 2. The third-order valence-corrected chi connectivity index (χ3v) is 5.88. The number of benzene rings is 3. The lowest BCUT2D eigenvalue weighted by Crippen LogP contribution is -2.30. The summed E-state index contributed by atoms with van der Waals surface area (Å²) in [6.45, 7) is 10.2. The van der Waals surface area contributed by atoms with Crippen molar-refractivity contribution in [2.45, 2.75) is 47.3 Å². The number of rotatable bonds is 6. The van der Waals surface area contributed by atoms with Crippen LogP contribution in [0.1, 0.15) is 36.1 Å². The van der Waals surface area contributed by atoms with Gasteiger partial charge in [-0.1, -0.05) is 12.1 Å². The van der Waals surface area contributed by atoms with Crippen molar-refractivity contribution in [1.82, 2.24) is 10.3 Å². The minimum absolute atomic E-state index is 0.0291. The topological polar surface area (TPSA) is 72.5 Å². The highest BCUT2D eigenvalue weighted by Gasteiger charge is 2.14. The first-order valence-corrected chi connectivity index (χ1v) is 11.4. The van der Waals surface area contributed by atoms with Gasteiger partial charge in [-0.2, -0.15) is 0 Å². The van der Waals surface area contributed by atoms with Gasteiger partial charge in [0, 0.05) is 22.5 Å². The molecule has 6 heteroatoms. The zero-order valence-corrected chi connectivity index (χ0v) is 20.6. The number of pyridine rings is 1. The predicted molar refractivity (Wildman–Crippen MR) is 138 cm³/mol. The van der Waals surface area contributed by atoms with Crippen molar-refractivity contribution in [3.05, 3.63) is 70.8 Å². The third-order valence-electron chi connectivity index (χ3n) is 5.88. The monoisotopic (exact) mass is 457 g/mol. The van der Waals surface area contributed by atoms with Gasteiger partial charge in [0.15, 0.2) is 0 Å². The molecule has 3 aromatic carbocycles. The maximum Gasteiger partial charge on any atom is 0.407 e. The highest BCUT2D eigenvalue weighted by atomic mass is 16.5. The van der Waals surface area contributed by atoms with E-state index in [0.717, 1.165) is 50.1 Å². The van der Waals surface area contributed by atoms with E-state index < -0.39 is 6.09 Å². The van der Waals surface area contributed by atoms with Gasteiger partial charge in [0.25, 0.3) is 0 Å². The fourth-order valence-electron chi connectivity index (χ4n) is 4.00. The number of methoxy groups -OCH3 is 1. The Hall–Kier alpha value is -3.80. The molecule has 1 aromatic heterocycles. The number of amides is 1. The Kier molecular flexibility index (Phi) is 6.59. The summed E-state index contributed by atoms with van der Waals surface area (Å²) in [5.41, 5.74) is 8.05. The fourth-order valence-corrected chi connectivity index (χ4v) is 4.00. The molecule has 0 aliphatic heterocycles. The van der Waals surface area contributed by atoms with E-state index in [1.165, 1.54) is 11.1 Å². The van der Waals surface area contributed by atoms with Gasteiger partial charge in [-0.15, -0.1) is 0 Å². The lowest BCUT2D eigenvalue weighted by Gasteiger charge is -2.17. The molecule has 176 valence electrons. The predicted octanol–water partition coefficient (Wildman–Crippen LogP) is 6.70. The number of carbonyl (C=O) groups is 1. The van der Waals surface area contributed by atoms with E-state index in [0.29, 0.717) is 0 Å². The molecule has 4 rings (SSSR count). The summed E-state index contributed by atoms with van der Waals surface area (Å²) in [6.07, 6.45) is -0.423. The number of carbonyl (C=O) groups excluding carboxylic acids is 1. The SMILES string of the molecule is COc1cc2c(Nc3cccc(COC(=O)NC(C)C)c3)c3cc(C)c(C)cc3nc2cc1C. The zero-order valence-electron chi connectivity index (χ0n) is 20.6. The first-order chi connectivity index (χ1) is 16.2. The highest BCUT2D eigenvalue weighted by Crippen LogP contribution is 2.37. The van der Waals surface area contributed by atoms with Crippen molar-refractivity contribution in [1.29, 1.82) is 0 Å². The molecule has 0 bridgehead atoms. The zero-order chi connectivity index (χ0) is 24.4. The number of alkyl carbamates (subject to hydrolysis) is 1. The molecular weight excluding hydrogens is 426 g/mol. The third kappa shape index (κ3) is 4.91. The molecule has 0 aliphatic carbocycles. The maximum atomic E-state index is 11.9. The van der Waals surface area contributed by atoms with Crippen molar-refractivity contribution >= 4 is 39.3 Å². The molecular formula is C28H31N3O3. The molecule has 1 heterocycles. The summed E-state index contributed by atoms with van der Waals surface area (Å²) < 4.78 is 11.0. The van der Waals surface area contributed by atoms with Crippen LogP contribution in [0.5, 0.6) is 5.75 Å². The molecule has 6 nitrogen and oxygen atoms in total.